The maximum absolute atomic E-state index is 6.61. The van der Waals surface area contributed by atoms with E-state index in [1.807, 2.05) is 13.1 Å². The van der Waals surface area contributed by atoms with Crippen molar-refractivity contribution in [2.75, 3.05) is 0 Å². The molecule has 0 spiro atoms. The van der Waals surface area contributed by atoms with E-state index in [0.717, 1.165) is 22.6 Å². The standard InChI is InChI=1S/C20H40N2O2Si2/c1-15-18(24-26(10,11)20(5,6)7)17(12-21)16(13-22-15)14-23-25(8,9)19(2,3)4/h13H,12,14,21H2,1-11H3. The number of rotatable bonds is 6. The fourth-order valence-electron chi connectivity index (χ4n) is 2.04. The minimum Gasteiger partial charge on any atom is -0.542 e. The zero-order valence-corrected chi connectivity index (χ0v) is 20.8. The molecule has 2 N–H and O–H groups in total. The molecule has 1 heterocycles. The van der Waals surface area contributed by atoms with Gasteiger partial charge in [0, 0.05) is 23.9 Å². The lowest BCUT2D eigenvalue weighted by Crippen LogP contribution is -2.44. The van der Waals surface area contributed by atoms with Crippen LogP contribution in [-0.2, 0) is 17.6 Å². The summed E-state index contributed by atoms with van der Waals surface area (Å²) in [5.41, 5.74) is 9.14. The van der Waals surface area contributed by atoms with Crippen LogP contribution in [0.15, 0.2) is 6.20 Å². The first-order valence-electron chi connectivity index (χ1n) is 9.54. The molecule has 0 saturated carbocycles. The van der Waals surface area contributed by atoms with Crippen LogP contribution in [0.5, 0.6) is 5.75 Å². The summed E-state index contributed by atoms with van der Waals surface area (Å²) in [6.45, 7) is 25.5. The molecule has 1 aromatic rings. The van der Waals surface area contributed by atoms with Crippen molar-refractivity contribution in [3.63, 3.8) is 0 Å². The quantitative estimate of drug-likeness (QED) is 0.621. The summed E-state index contributed by atoms with van der Waals surface area (Å²) in [6, 6.07) is 0. The molecule has 0 amide bonds. The highest BCUT2D eigenvalue weighted by molar-refractivity contribution is 6.75. The second-order valence-electron chi connectivity index (χ2n) is 10.3. The van der Waals surface area contributed by atoms with Crippen molar-refractivity contribution in [2.24, 2.45) is 5.73 Å². The third-order valence-electron chi connectivity index (χ3n) is 6.17. The summed E-state index contributed by atoms with van der Waals surface area (Å²) < 4.78 is 13.0. The molecule has 0 aliphatic carbocycles. The van der Waals surface area contributed by atoms with Crippen molar-refractivity contribution in [1.29, 1.82) is 0 Å². The molecule has 0 aliphatic heterocycles. The molecule has 0 fully saturated rings. The van der Waals surface area contributed by atoms with Crippen LogP contribution in [0.3, 0.4) is 0 Å². The maximum atomic E-state index is 6.61. The highest BCUT2D eigenvalue weighted by Crippen LogP contribution is 2.40. The fourth-order valence-corrected chi connectivity index (χ4v) is 4.08. The molecule has 26 heavy (non-hydrogen) atoms. The van der Waals surface area contributed by atoms with E-state index in [1.165, 1.54) is 0 Å². The van der Waals surface area contributed by atoms with Gasteiger partial charge in [0.15, 0.2) is 8.32 Å². The largest absolute Gasteiger partial charge is 0.542 e. The van der Waals surface area contributed by atoms with Crippen LogP contribution in [0.4, 0.5) is 0 Å². The molecule has 150 valence electrons. The van der Waals surface area contributed by atoms with Crippen molar-refractivity contribution < 1.29 is 8.85 Å². The summed E-state index contributed by atoms with van der Waals surface area (Å²) in [7, 11) is -3.80. The lowest BCUT2D eigenvalue weighted by Gasteiger charge is -2.38. The molecule has 0 atom stereocenters. The van der Waals surface area contributed by atoms with E-state index in [9.17, 15) is 0 Å². The molecule has 0 radical (unpaired) electrons. The Morgan fingerprint density at radius 1 is 0.962 bits per heavy atom. The van der Waals surface area contributed by atoms with E-state index in [4.69, 9.17) is 14.6 Å². The number of nitrogens with two attached hydrogens (primary N) is 1. The molecule has 6 heteroatoms. The van der Waals surface area contributed by atoms with E-state index < -0.39 is 16.6 Å². The van der Waals surface area contributed by atoms with E-state index >= 15 is 0 Å². The Balaban J connectivity index is 3.22. The minimum atomic E-state index is -1.96. The van der Waals surface area contributed by atoms with Gasteiger partial charge < -0.3 is 14.6 Å². The summed E-state index contributed by atoms with van der Waals surface area (Å²) in [4.78, 5) is 4.59. The molecule has 1 rings (SSSR count). The normalized spacial score (nSPS) is 13.8. The number of pyridine rings is 1. The Kier molecular flexibility index (Phi) is 6.95. The molecular weight excluding hydrogens is 356 g/mol. The predicted molar refractivity (Wildman–Crippen MR) is 117 cm³/mol. The monoisotopic (exact) mass is 396 g/mol. The number of aryl methyl sites for hydroxylation is 1. The van der Waals surface area contributed by atoms with Gasteiger partial charge in [-0.05, 0) is 43.2 Å². The first kappa shape index (κ1) is 23.3. The van der Waals surface area contributed by atoms with E-state index in [2.05, 4.69) is 72.7 Å². The van der Waals surface area contributed by atoms with Gasteiger partial charge in [0.1, 0.15) is 5.75 Å². The van der Waals surface area contributed by atoms with Crippen molar-refractivity contribution >= 4 is 16.6 Å². The zero-order chi connectivity index (χ0) is 20.6. The summed E-state index contributed by atoms with van der Waals surface area (Å²) in [6.07, 6.45) is 1.91. The Labute approximate surface area is 163 Å². The van der Waals surface area contributed by atoms with Gasteiger partial charge >= 0.3 is 0 Å². The van der Waals surface area contributed by atoms with Gasteiger partial charge in [-0.3, -0.25) is 4.98 Å². The second-order valence-corrected chi connectivity index (χ2v) is 19.8. The summed E-state index contributed by atoms with van der Waals surface area (Å²) in [5, 5.41) is 0.299. The van der Waals surface area contributed by atoms with Crippen molar-refractivity contribution in [1.82, 2.24) is 4.98 Å². The SMILES string of the molecule is Cc1ncc(CO[Si](C)(C)C(C)(C)C)c(CN)c1O[Si](C)(C)C(C)(C)C. The second kappa shape index (κ2) is 7.74. The van der Waals surface area contributed by atoms with Crippen LogP contribution in [0.1, 0.15) is 58.4 Å². The van der Waals surface area contributed by atoms with Crippen molar-refractivity contribution in [3.05, 3.63) is 23.0 Å². The smallest absolute Gasteiger partial charge is 0.250 e. The summed E-state index contributed by atoms with van der Waals surface area (Å²) in [5.74, 6) is 0.871. The van der Waals surface area contributed by atoms with Gasteiger partial charge in [-0.25, -0.2) is 0 Å². The average molecular weight is 397 g/mol. The first-order valence-corrected chi connectivity index (χ1v) is 15.4. The third kappa shape index (κ3) is 5.18. The number of aromatic nitrogens is 1. The molecular formula is C20H40N2O2Si2. The van der Waals surface area contributed by atoms with Gasteiger partial charge in [-0.15, -0.1) is 0 Å². The molecule has 0 aromatic carbocycles. The molecule has 0 bridgehead atoms. The Hall–Kier alpha value is -0.696. The first-order chi connectivity index (χ1) is 11.5. The third-order valence-corrected chi connectivity index (χ3v) is 15.0. The van der Waals surface area contributed by atoms with Crippen LogP contribution in [0.25, 0.3) is 0 Å². The number of nitrogens with zero attached hydrogens (tertiary/aromatic N) is 1. The topological polar surface area (TPSA) is 57.4 Å². The lowest BCUT2D eigenvalue weighted by molar-refractivity contribution is 0.274. The molecule has 1 aromatic heterocycles. The minimum absolute atomic E-state index is 0.124. The van der Waals surface area contributed by atoms with Crippen LogP contribution >= 0.6 is 0 Å². The Morgan fingerprint density at radius 3 is 1.88 bits per heavy atom. The van der Waals surface area contributed by atoms with Gasteiger partial charge in [0.2, 0.25) is 0 Å². The molecule has 0 saturated heterocycles. The van der Waals surface area contributed by atoms with Crippen molar-refractivity contribution in [3.8, 4) is 5.75 Å². The molecule has 0 unspecified atom stereocenters. The van der Waals surface area contributed by atoms with Gasteiger partial charge in [0.25, 0.3) is 8.32 Å². The maximum Gasteiger partial charge on any atom is 0.250 e. The van der Waals surface area contributed by atoms with E-state index in [1.54, 1.807) is 0 Å². The van der Waals surface area contributed by atoms with E-state index in [-0.39, 0.29) is 10.1 Å². The fraction of sp³-hybridized carbons (Fsp3) is 0.750. The number of hydrogen-bond donors (Lipinski definition) is 1. The van der Waals surface area contributed by atoms with Gasteiger partial charge in [-0.2, -0.15) is 0 Å². The van der Waals surface area contributed by atoms with Crippen LogP contribution in [-0.4, -0.2) is 21.6 Å². The van der Waals surface area contributed by atoms with E-state index in [0.29, 0.717) is 13.2 Å². The molecule has 4 nitrogen and oxygen atoms in total. The molecule has 0 aliphatic rings. The average Bonchev–Trinajstić information content (AvgIpc) is 2.45. The zero-order valence-electron chi connectivity index (χ0n) is 18.8. The van der Waals surface area contributed by atoms with Crippen molar-refractivity contribution in [2.45, 2.75) is 97.9 Å². The summed E-state index contributed by atoms with van der Waals surface area (Å²) >= 11 is 0. The highest BCUT2D eigenvalue weighted by Gasteiger charge is 2.40. The predicted octanol–water partition coefficient (Wildman–Crippen LogP) is 5.75. The van der Waals surface area contributed by atoms with Crippen LogP contribution in [0, 0.1) is 6.92 Å². The highest BCUT2D eigenvalue weighted by atomic mass is 28.4. The lowest BCUT2D eigenvalue weighted by atomic mass is 10.1. The Bertz CT molecular complexity index is 630. The Morgan fingerprint density at radius 2 is 1.46 bits per heavy atom. The van der Waals surface area contributed by atoms with Gasteiger partial charge in [0.05, 0.1) is 12.3 Å². The number of hydrogen-bond acceptors (Lipinski definition) is 4. The van der Waals surface area contributed by atoms with Crippen LogP contribution < -0.4 is 10.2 Å². The van der Waals surface area contributed by atoms with Crippen LogP contribution in [0.2, 0.25) is 36.3 Å². The van der Waals surface area contributed by atoms with Gasteiger partial charge in [-0.1, -0.05) is 41.5 Å².